The van der Waals surface area contributed by atoms with Gasteiger partial charge in [-0.1, -0.05) is 5.16 Å². The number of halogens is 1. The lowest BCUT2D eigenvalue weighted by atomic mass is 9.95. The Balaban J connectivity index is 1.99. The highest BCUT2D eigenvalue weighted by atomic mass is 35.5. The van der Waals surface area contributed by atoms with Crippen molar-refractivity contribution in [1.82, 2.24) is 10.1 Å². The molecule has 0 aliphatic carbocycles. The first-order valence-electron chi connectivity index (χ1n) is 5.99. The second-order valence-electron chi connectivity index (χ2n) is 4.57. The molecule has 0 spiro atoms. The molecule has 5 heteroatoms. The summed E-state index contributed by atoms with van der Waals surface area (Å²) in [6.07, 6.45) is 3.17. The average Bonchev–Trinajstić information content (AvgIpc) is 2.76. The third-order valence-corrected chi connectivity index (χ3v) is 3.38. The van der Waals surface area contributed by atoms with Gasteiger partial charge >= 0.3 is 0 Å². The SMILES string of the molecule is Cc1cc(C(=O)N2CCCC(CCCl)C2)on1. The van der Waals surface area contributed by atoms with Crippen LogP contribution in [-0.2, 0) is 0 Å². The number of amides is 1. The van der Waals surface area contributed by atoms with Gasteiger partial charge in [0, 0.05) is 25.0 Å². The Morgan fingerprint density at radius 3 is 3.18 bits per heavy atom. The van der Waals surface area contributed by atoms with Crippen molar-refractivity contribution in [1.29, 1.82) is 0 Å². The monoisotopic (exact) mass is 256 g/mol. The first kappa shape index (κ1) is 12.4. The zero-order valence-corrected chi connectivity index (χ0v) is 10.7. The highest BCUT2D eigenvalue weighted by molar-refractivity contribution is 6.17. The Bertz CT molecular complexity index is 390. The standard InChI is InChI=1S/C12H17ClN2O2/c1-9-7-11(17-14-9)12(16)15-6-2-3-10(8-15)4-5-13/h7,10H,2-6,8H2,1H3. The van der Waals surface area contributed by atoms with Crippen LogP contribution in [0.3, 0.4) is 0 Å². The minimum atomic E-state index is -0.0510. The summed E-state index contributed by atoms with van der Waals surface area (Å²) < 4.78 is 5.01. The number of carbonyl (C=O) groups is 1. The van der Waals surface area contributed by atoms with Gasteiger partial charge in [0.2, 0.25) is 5.76 Å². The van der Waals surface area contributed by atoms with Crippen molar-refractivity contribution < 1.29 is 9.32 Å². The highest BCUT2D eigenvalue weighted by Crippen LogP contribution is 2.21. The van der Waals surface area contributed by atoms with Gasteiger partial charge in [-0.3, -0.25) is 4.79 Å². The molecule has 1 fully saturated rings. The van der Waals surface area contributed by atoms with E-state index >= 15 is 0 Å². The van der Waals surface area contributed by atoms with Crippen LogP contribution >= 0.6 is 11.6 Å². The van der Waals surface area contributed by atoms with Crippen molar-refractivity contribution in [3.63, 3.8) is 0 Å². The largest absolute Gasteiger partial charge is 0.351 e. The maximum atomic E-state index is 12.1. The van der Waals surface area contributed by atoms with Crippen LogP contribution < -0.4 is 0 Å². The maximum Gasteiger partial charge on any atom is 0.292 e. The van der Waals surface area contributed by atoms with Gasteiger partial charge in [-0.25, -0.2) is 0 Å². The summed E-state index contributed by atoms with van der Waals surface area (Å²) in [5, 5.41) is 3.74. The molecule has 1 aromatic heterocycles. The lowest BCUT2D eigenvalue weighted by Crippen LogP contribution is -2.39. The number of piperidine rings is 1. The normalized spacial score (nSPS) is 20.6. The van der Waals surface area contributed by atoms with E-state index in [9.17, 15) is 4.79 Å². The van der Waals surface area contributed by atoms with Crippen LogP contribution in [0.1, 0.15) is 35.5 Å². The molecule has 0 N–H and O–H groups in total. The van der Waals surface area contributed by atoms with Gasteiger partial charge in [0.1, 0.15) is 0 Å². The van der Waals surface area contributed by atoms with Crippen LogP contribution in [0.25, 0.3) is 0 Å². The number of aromatic nitrogens is 1. The lowest BCUT2D eigenvalue weighted by molar-refractivity contribution is 0.0630. The molecule has 4 nitrogen and oxygen atoms in total. The molecular weight excluding hydrogens is 240 g/mol. The van der Waals surface area contributed by atoms with Crippen molar-refractivity contribution in [2.45, 2.75) is 26.2 Å². The van der Waals surface area contributed by atoms with E-state index in [-0.39, 0.29) is 5.91 Å². The van der Waals surface area contributed by atoms with E-state index in [4.69, 9.17) is 16.1 Å². The Morgan fingerprint density at radius 2 is 2.53 bits per heavy atom. The van der Waals surface area contributed by atoms with Crippen molar-refractivity contribution in [3.8, 4) is 0 Å². The van der Waals surface area contributed by atoms with Crippen molar-refractivity contribution in [2.24, 2.45) is 5.92 Å². The highest BCUT2D eigenvalue weighted by Gasteiger charge is 2.26. The Hall–Kier alpha value is -1.03. The minimum absolute atomic E-state index is 0.0510. The molecule has 2 rings (SSSR count). The molecule has 1 aliphatic rings. The minimum Gasteiger partial charge on any atom is -0.351 e. The van der Waals surface area contributed by atoms with E-state index in [0.717, 1.165) is 38.0 Å². The van der Waals surface area contributed by atoms with Crippen LogP contribution in [0.5, 0.6) is 0 Å². The van der Waals surface area contributed by atoms with Crippen LogP contribution in [0.4, 0.5) is 0 Å². The molecule has 1 aliphatic heterocycles. The number of hydrogen-bond donors (Lipinski definition) is 0. The Labute approximate surface area is 106 Å². The first-order valence-corrected chi connectivity index (χ1v) is 6.52. The molecule has 0 aromatic carbocycles. The number of hydrogen-bond acceptors (Lipinski definition) is 3. The third-order valence-electron chi connectivity index (χ3n) is 3.16. The lowest BCUT2D eigenvalue weighted by Gasteiger charge is -2.31. The van der Waals surface area contributed by atoms with Gasteiger partial charge < -0.3 is 9.42 Å². The number of aryl methyl sites for hydroxylation is 1. The smallest absolute Gasteiger partial charge is 0.292 e. The maximum absolute atomic E-state index is 12.1. The number of alkyl halides is 1. The Morgan fingerprint density at radius 1 is 1.71 bits per heavy atom. The van der Waals surface area contributed by atoms with Gasteiger partial charge in [-0.05, 0) is 32.1 Å². The fourth-order valence-electron chi connectivity index (χ4n) is 2.26. The van der Waals surface area contributed by atoms with Crippen LogP contribution in [0, 0.1) is 12.8 Å². The molecule has 1 aromatic rings. The van der Waals surface area contributed by atoms with Crippen LogP contribution in [0.15, 0.2) is 10.6 Å². The molecule has 1 atom stereocenters. The average molecular weight is 257 g/mol. The van der Waals surface area contributed by atoms with Gasteiger partial charge in [0.25, 0.3) is 5.91 Å². The topological polar surface area (TPSA) is 46.3 Å². The van der Waals surface area contributed by atoms with Crippen molar-refractivity contribution in [3.05, 3.63) is 17.5 Å². The van der Waals surface area contributed by atoms with Gasteiger partial charge in [-0.2, -0.15) is 0 Å². The van der Waals surface area contributed by atoms with Gasteiger partial charge in [-0.15, -0.1) is 11.6 Å². The van der Waals surface area contributed by atoms with Crippen molar-refractivity contribution in [2.75, 3.05) is 19.0 Å². The number of carbonyl (C=O) groups excluding carboxylic acids is 1. The zero-order valence-electron chi connectivity index (χ0n) is 9.99. The third kappa shape index (κ3) is 3.00. The quantitative estimate of drug-likeness (QED) is 0.781. The summed E-state index contributed by atoms with van der Waals surface area (Å²) in [5.74, 6) is 1.47. The first-order chi connectivity index (χ1) is 8.20. The molecule has 1 saturated heterocycles. The molecular formula is C12H17ClN2O2. The summed E-state index contributed by atoms with van der Waals surface area (Å²) in [4.78, 5) is 14.0. The fourth-order valence-corrected chi connectivity index (χ4v) is 2.57. The molecule has 1 amide bonds. The van der Waals surface area contributed by atoms with Gasteiger partial charge in [0.05, 0.1) is 5.69 Å². The van der Waals surface area contributed by atoms with E-state index in [1.165, 1.54) is 0 Å². The fraction of sp³-hybridized carbons (Fsp3) is 0.667. The second kappa shape index (κ2) is 5.54. The summed E-state index contributed by atoms with van der Waals surface area (Å²) in [6.45, 7) is 3.40. The van der Waals surface area contributed by atoms with Gasteiger partial charge in [0.15, 0.2) is 0 Å². The predicted molar refractivity (Wildman–Crippen MR) is 65.2 cm³/mol. The summed E-state index contributed by atoms with van der Waals surface area (Å²) in [6, 6.07) is 1.69. The van der Waals surface area contributed by atoms with E-state index in [1.807, 2.05) is 11.8 Å². The van der Waals surface area contributed by atoms with E-state index in [1.54, 1.807) is 6.07 Å². The molecule has 94 valence electrons. The van der Waals surface area contributed by atoms with E-state index in [0.29, 0.717) is 17.6 Å². The predicted octanol–water partition coefficient (Wildman–Crippen LogP) is 2.46. The molecule has 0 saturated carbocycles. The van der Waals surface area contributed by atoms with Crippen LogP contribution in [-0.4, -0.2) is 34.9 Å². The number of rotatable bonds is 3. The van der Waals surface area contributed by atoms with E-state index < -0.39 is 0 Å². The molecule has 17 heavy (non-hydrogen) atoms. The number of likely N-dealkylation sites (tertiary alicyclic amines) is 1. The second-order valence-corrected chi connectivity index (χ2v) is 4.95. The van der Waals surface area contributed by atoms with Crippen molar-refractivity contribution >= 4 is 17.5 Å². The summed E-state index contributed by atoms with van der Waals surface area (Å²) >= 11 is 5.75. The number of nitrogens with zero attached hydrogens (tertiary/aromatic N) is 2. The molecule has 0 radical (unpaired) electrons. The molecule has 1 unspecified atom stereocenters. The summed E-state index contributed by atoms with van der Waals surface area (Å²) in [7, 11) is 0. The summed E-state index contributed by atoms with van der Waals surface area (Å²) in [5.41, 5.74) is 0.739. The zero-order chi connectivity index (χ0) is 12.3. The van der Waals surface area contributed by atoms with E-state index in [2.05, 4.69) is 5.16 Å². The molecule has 2 heterocycles. The van der Waals surface area contributed by atoms with Crippen LogP contribution in [0.2, 0.25) is 0 Å². The molecule has 0 bridgehead atoms. The Kier molecular flexibility index (Phi) is 4.05.